The van der Waals surface area contributed by atoms with Gasteiger partial charge in [0.25, 0.3) is 0 Å². The highest BCUT2D eigenvalue weighted by atomic mass is 32.2. The van der Waals surface area contributed by atoms with Crippen molar-refractivity contribution in [2.24, 2.45) is 0 Å². The zero-order valence-corrected chi connectivity index (χ0v) is 14.2. The highest BCUT2D eigenvalue weighted by molar-refractivity contribution is 8.00. The average Bonchev–Trinajstić information content (AvgIpc) is 2.53. The molecule has 0 radical (unpaired) electrons. The molecule has 0 unspecified atom stereocenters. The molecule has 1 heterocycles. The van der Waals surface area contributed by atoms with Crippen LogP contribution in [-0.2, 0) is 4.79 Å². The van der Waals surface area contributed by atoms with Crippen LogP contribution in [-0.4, -0.2) is 17.3 Å². The molecule has 4 heteroatoms. The van der Waals surface area contributed by atoms with E-state index in [-0.39, 0.29) is 17.6 Å². The Morgan fingerprint density at radius 2 is 1.87 bits per heavy atom. The first-order valence-electron chi connectivity index (χ1n) is 7.79. The Balaban J connectivity index is 1.66. The van der Waals surface area contributed by atoms with Gasteiger partial charge in [-0.2, -0.15) is 0 Å². The van der Waals surface area contributed by atoms with Crippen LogP contribution in [0.3, 0.4) is 0 Å². The molecular weight excluding hydrogens is 306 g/mol. The smallest absolute Gasteiger partial charge is 0.230 e. The summed E-state index contributed by atoms with van der Waals surface area (Å²) in [7, 11) is 0. The summed E-state index contributed by atoms with van der Waals surface area (Å²) in [5.41, 5.74) is 0.781. The largest absolute Gasteiger partial charge is 0.487 e. The van der Waals surface area contributed by atoms with Crippen molar-refractivity contribution in [2.45, 2.75) is 36.8 Å². The van der Waals surface area contributed by atoms with Gasteiger partial charge in [0.05, 0.1) is 11.8 Å². The van der Waals surface area contributed by atoms with Gasteiger partial charge in [-0.05, 0) is 32.0 Å². The van der Waals surface area contributed by atoms with E-state index in [0.717, 1.165) is 22.6 Å². The maximum absolute atomic E-state index is 12.3. The number of thioether (sulfide) groups is 1. The molecule has 0 spiro atoms. The number of hydrogen-bond donors (Lipinski definition) is 1. The van der Waals surface area contributed by atoms with Crippen molar-refractivity contribution in [1.29, 1.82) is 0 Å². The van der Waals surface area contributed by atoms with Gasteiger partial charge in [-0.25, -0.2) is 0 Å². The molecule has 1 atom stereocenters. The topological polar surface area (TPSA) is 38.3 Å². The Hall–Kier alpha value is -1.94. The molecule has 0 fully saturated rings. The molecule has 3 rings (SSSR count). The van der Waals surface area contributed by atoms with Crippen LogP contribution in [0.5, 0.6) is 5.75 Å². The molecule has 3 nitrogen and oxygen atoms in total. The van der Waals surface area contributed by atoms with Crippen molar-refractivity contribution >= 4 is 17.7 Å². The number of hydrogen-bond acceptors (Lipinski definition) is 3. The number of nitrogens with one attached hydrogen (secondary N) is 1. The van der Waals surface area contributed by atoms with Gasteiger partial charge in [-0.3, -0.25) is 4.79 Å². The van der Waals surface area contributed by atoms with Crippen LogP contribution < -0.4 is 10.1 Å². The summed E-state index contributed by atoms with van der Waals surface area (Å²) < 4.78 is 6.00. The first kappa shape index (κ1) is 15.9. The van der Waals surface area contributed by atoms with Gasteiger partial charge in [-0.15, -0.1) is 11.8 Å². The SMILES string of the molecule is CC1(C)C[C@@H](NC(=O)CSc2ccccc2)c2ccccc2O1. The highest BCUT2D eigenvalue weighted by Crippen LogP contribution is 2.39. The van der Waals surface area contributed by atoms with Crippen molar-refractivity contribution < 1.29 is 9.53 Å². The van der Waals surface area contributed by atoms with Crippen LogP contribution in [0.2, 0.25) is 0 Å². The molecule has 0 aromatic heterocycles. The summed E-state index contributed by atoms with van der Waals surface area (Å²) in [6.07, 6.45) is 0.770. The van der Waals surface area contributed by atoms with Gasteiger partial charge in [0, 0.05) is 16.9 Å². The van der Waals surface area contributed by atoms with Crippen LogP contribution in [0.1, 0.15) is 31.9 Å². The van der Waals surface area contributed by atoms with Crippen molar-refractivity contribution in [1.82, 2.24) is 5.32 Å². The van der Waals surface area contributed by atoms with E-state index in [1.54, 1.807) is 11.8 Å². The maximum Gasteiger partial charge on any atom is 0.230 e. The van der Waals surface area contributed by atoms with E-state index < -0.39 is 0 Å². The lowest BCUT2D eigenvalue weighted by Gasteiger charge is -2.37. The number of carbonyl (C=O) groups is 1. The van der Waals surface area contributed by atoms with Gasteiger partial charge in [0.2, 0.25) is 5.91 Å². The molecular formula is C19H21NO2S. The normalized spacial score (nSPS) is 18.6. The maximum atomic E-state index is 12.3. The molecule has 1 aliphatic rings. The van der Waals surface area contributed by atoms with E-state index >= 15 is 0 Å². The lowest BCUT2D eigenvalue weighted by molar-refractivity contribution is -0.119. The first-order chi connectivity index (χ1) is 11.0. The van der Waals surface area contributed by atoms with E-state index in [1.807, 2.05) is 54.6 Å². The molecule has 0 saturated heterocycles. The molecule has 0 saturated carbocycles. The number of benzene rings is 2. The average molecular weight is 327 g/mol. The minimum absolute atomic E-state index is 0.00109. The van der Waals surface area contributed by atoms with Gasteiger partial charge >= 0.3 is 0 Å². The van der Waals surface area contributed by atoms with Crippen molar-refractivity contribution in [3.63, 3.8) is 0 Å². The molecule has 1 amide bonds. The second-order valence-electron chi connectivity index (χ2n) is 6.33. The summed E-state index contributed by atoms with van der Waals surface area (Å²) in [4.78, 5) is 13.4. The molecule has 2 aromatic rings. The van der Waals surface area contributed by atoms with Gasteiger partial charge in [0.15, 0.2) is 0 Å². The van der Waals surface area contributed by atoms with Crippen molar-refractivity contribution in [3.8, 4) is 5.75 Å². The zero-order chi connectivity index (χ0) is 16.3. The summed E-state index contributed by atoms with van der Waals surface area (Å²) in [5.74, 6) is 1.34. The molecule has 1 aliphatic heterocycles. The number of para-hydroxylation sites is 1. The standard InChI is InChI=1S/C19H21NO2S/c1-19(2)12-16(15-10-6-7-11-17(15)22-19)20-18(21)13-23-14-8-4-3-5-9-14/h3-11,16H,12-13H2,1-2H3,(H,20,21)/t16-/m1/s1. The monoisotopic (exact) mass is 327 g/mol. The van der Waals surface area contributed by atoms with Gasteiger partial charge in [0.1, 0.15) is 11.4 Å². The summed E-state index contributed by atoms with van der Waals surface area (Å²) >= 11 is 1.56. The fourth-order valence-electron chi connectivity index (χ4n) is 2.83. The van der Waals surface area contributed by atoms with E-state index in [0.29, 0.717) is 5.75 Å². The fourth-order valence-corrected chi connectivity index (χ4v) is 3.56. The number of rotatable bonds is 4. The Kier molecular flexibility index (Phi) is 4.62. The third-order valence-corrected chi connectivity index (χ3v) is 4.84. The van der Waals surface area contributed by atoms with Crippen molar-refractivity contribution in [2.75, 3.05) is 5.75 Å². The molecule has 0 bridgehead atoms. The van der Waals surface area contributed by atoms with Gasteiger partial charge < -0.3 is 10.1 Å². The predicted molar refractivity (Wildman–Crippen MR) is 93.8 cm³/mol. The van der Waals surface area contributed by atoms with E-state index in [9.17, 15) is 4.79 Å². The van der Waals surface area contributed by atoms with Crippen LogP contribution in [0.15, 0.2) is 59.5 Å². The van der Waals surface area contributed by atoms with Crippen molar-refractivity contribution in [3.05, 3.63) is 60.2 Å². The molecule has 1 N–H and O–H groups in total. The predicted octanol–water partition coefficient (Wildman–Crippen LogP) is 4.20. The summed E-state index contributed by atoms with van der Waals surface area (Å²) in [6, 6.07) is 17.9. The second kappa shape index (κ2) is 6.67. The number of amides is 1. The summed E-state index contributed by atoms with van der Waals surface area (Å²) in [6.45, 7) is 4.11. The Morgan fingerprint density at radius 3 is 2.65 bits per heavy atom. The molecule has 2 aromatic carbocycles. The van der Waals surface area contributed by atoms with Crippen LogP contribution >= 0.6 is 11.8 Å². The van der Waals surface area contributed by atoms with Crippen LogP contribution in [0.25, 0.3) is 0 Å². The molecule has 23 heavy (non-hydrogen) atoms. The Labute approximate surface area is 141 Å². The minimum atomic E-state index is -0.279. The fraction of sp³-hybridized carbons (Fsp3) is 0.316. The Bertz CT molecular complexity index is 685. The minimum Gasteiger partial charge on any atom is -0.487 e. The zero-order valence-electron chi connectivity index (χ0n) is 13.4. The molecule has 120 valence electrons. The quantitative estimate of drug-likeness (QED) is 0.856. The number of carbonyl (C=O) groups excluding carboxylic acids is 1. The third kappa shape index (κ3) is 4.08. The van der Waals surface area contributed by atoms with Crippen LogP contribution in [0.4, 0.5) is 0 Å². The lowest BCUT2D eigenvalue weighted by Crippen LogP contribution is -2.41. The van der Waals surface area contributed by atoms with E-state index in [4.69, 9.17) is 4.74 Å². The Morgan fingerprint density at radius 1 is 1.17 bits per heavy atom. The van der Waals surface area contributed by atoms with Gasteiger partial charge in [-0.1, -0.05) is 36.4 Å². The van der Waals surface area contributed by atoms with E-state index in [1.165, 1.54) is 0 Å². The third-order valence-electron chi connectivity index (χ3n) is 3.82. The summed E-state index contributed by atoms with van der Waals surface area (Å²) in [5, 5.41) is 3.16. The highest BCUT2D eigenvalue weighted by Gasteiger charge is 2.34. The lowest BCUT2D eigenvalue weighted by atomic mass is 9.90. The van der Waals surface area contributed by atoms with E-state index in [2.05, 4.69) is 19.2 Å². The number of fused-ring (bicyclic) bond motifs is 1. The number of ether oxygens (including phenoxy) is 1. The molecule has 0 aliphatic carbocycles. The van der Waals surface area contributed by atoms with Crippen LogP contribution in [0, 0.1) is 0 Å². The first-order valence-corrected chi connectivity index (χ1v) is 8.77. The second-order valence-corrected chi connectivity index (χ2v) is 7.37.